The number of methoxy groups -OCH3 is 2. The average Bonchev–Trinajstić information content (AvgIpc) is 2.53. The Hall–Kier alpha value is -1.26. The summed E-state index contributed by atoms with van der Waals surface area (Å²) in [5, 5.41) is 3.38. The molecule has 0 bridgehead atoms. The molecule has 0 atom stereocenters. The van der Waals surface area contributed by atoms with E-state index in [2.05, 4.69) is 29.3 Å². The van der Waals surface area contributed by atoms with Gasteiger partial charge >= 0.3 is 0 Å². The van der Waals surface area contributed by atoms with Crippen LogP contribution >= 0.6 is 0 Å². The molecule has 0 saturated carbocycles. The molecule has 0 radical (unpaired) electrons. The number of nitrogens with zero attached hydrogens (tertiary/aromatic N) is 1. The number of ether oxygens (including phenoxy) is 2. The first-order chi connectivity index (χ1) is 10.3. The van der Waals surface area contributed by atoms with Crippen molar-refractivity contribution in [1.29, 1.82) is 0 Å². The monoisotopic (exact) mass is 292 g/mol. The van der Waals surface area contributed by atoms with Crippen LogP contribution < -0.4 is 14.8 Å². The summed E-state index contributed by atoms with van der Waals surface area (Å²) in [4.78, 5) is 2.54. The van der Waals surface area contributed by atoms with Gasteiger partial charge in [-0.2, -0.15) is 0 Å². The van der Waals surface area contributed by atoms with E-state index in [1.807, 2.05) is 0 Å². The van der Waals surface area contributed by atoms with Gasteiger partial charge < -0.3 is 14.8 Å². The summed E-state index contributed by atoms with van der Waals surface area (Å²) in [6.07, 6.45) is 3.61. The molecule has 2 rings (SSSR count). The van der Waals surface area contributed by atoms with Gasteiger partial charge in [0.1, 0.15) is 0 Å². The normalized spacial score (nSPS) is 14.8. The SMILES string of the molecule is CCNCCCCN1CCc2cc(OC)c(OC)cc2C1. The Kier molecular flexibility index (Phi) is 6.33. The summed E-state index contributed by atoms with van der Waals surface area (Å²) in [6.45, 7) is 7.70. The number of benzene rings is 1. The molecule has 21 heavy (non-hydrogen) atoms. The van der Waals surface area contributed by atoms with Crippen LogP contribution in [0.3, 0.4) is 0 Å². The van der Waals surface area contributed by atoms with Crippen molar-refractivity contribution >= 4 is 0 Å². The highest BCUT2D eigenvalue weighted by atomic mass is 16.5. The zero-order valence-electron chi connectivity index (χ0n) is 13.6. The number of hydrogen-bond donors (Lipinski definition) is 1. The Balaban J connectivity index is 1.90. The van der Waals surface area contributed by atoms with Crippen LogP contribution in [0.1, 0.15) is 30.9 Å². The Morgan fingerprint density at radius 3 is 2.48 bits per heavy atom. The number of nitrogens with one attached hydrogen (secondary N) is 1. The Morgan fingerprint density at radius 2 is 1.81 bits per heavy atom. The maximum absolute atomic E-state index is 5.41. The molecule has 1 aliphatic rings. The van der Waals surface area contributed by atoms with Gasteiger partial charge in [-0.15, -0.1) is 0 Å². The van der Waals surface area contributed by atoms with Crippen molar-refractivity contribution in [2.75, 3.05) is 40.4 Å². The van der Waals surface area contributed by atoms with E-state index < -0.39 is 0 Å². The summed E-state index contributed by atoms with van der Waals surface area (Å²) >= 11 is 0. The van der Waals surface area contributed by atoms with Crippen molar-refractivity contribution in [2.24, 2.45) is 0 Å². The Morgan fingerprint density at radius 1 is 1.10 bits per heavy atom. The summed E-state index contributed by atoms with van der Waals surface area (Å²) in [6, 6.07) is 4.27. The number of unbranched alkanes of at least 4 members (excludes halogenated alkanes) is 1. The fraction of sp³-hybridized carbons (Fsp3) is 0.647. The molecule has 0 aliphatic carbocycles. The summed E-state index contributed by atoms with van der Waals surface area (Å²) in [5.41, 5.74) is 2.78. The lowest BCUT2D eigenvalue weighted by atomic mass is 9.98. The third kappa shape index (κ3) is 4.35. The molecule has 4 nitrogen and oxygen atoms in total. The van der Waals surface area contributed by atoms with Crippen LogP contribution in [-0.4, -0.2) is 45.3 Å². The molecule has 1 heterocycles. The van der Waals surface area contributed by atoms with Crippen LogP contribution in [0.2, 0.25) is 0 Å². The van der Waals surface area contributed by atoms with E-state index in [0.717, 1.165) is 44.1 Å². The second-order valence-corrected chi connectivity index (χ2v) is 5.56. The fourth-order valence-corrected chi connectivity index (χ4v) is 2.89. The molecule has 0 spiro atoms. The molecule has 0 aromatic heterocycles. The van der Waals surface area contributed by atoms with Gasteiger partial charge in [0, 0.05) is 13.1 Å². The van der Waals surface area contributed by atoms with Gasteiger partial charge in [0.05, 0.1) is 14.2 Å². The molecule has 0 fully saturated rings. The molecule has 1 aliphatic heterocycles. The van der Waals surface area contributed by atoms with Crippen LogP contribution in [0.5, 0.6) is 11.5 Å². The maximum atomic E-state index is 5.41. The van der Waals surface area contributed by atoms with Crippen LogP contribution in [-0.2, 0) is 13.0 Å². The fourth-order valence-electron chi connectivity index (χ4n) is 2.89. The Bertz CT molecular complexity index is 449. The van der Waals surface area contributed by atoms with Crippen LogP contribution in [0.25, 0.3) is 0 Å². The topological polar surface area (TPSA) is 33.7 Å². The largest absolute Gasteiger partial charge is 0.493 e. The summed E-state index contributed by atoms with van der Waals surface area (Å²) in [5.74, 6) is 1.68. The van der Waals surface area contributed by atoms with Crippen molar-refractivity contribution in [3.63, 3.8) is 0 Å². The lowest BCUT2D eigenvalue weighted by molar-refractivity contribution is 0.247. The molecule has 0 unspecified atom stereocenters. The predicted octanol–water partition coefficient (Wildman–Crippen LogP) is 2.45. The van der Waals surface area contributed by atoms with Crippen molar-refractivity contribution in [3.05, 3.63) is 23.3 Å². The first kappa shape index (κ1) is 16.1. The molecule has 4 heteroatoms. The molecule has 1 aromatic rings. The van der Waals surface area contributed by atoms with E-state index in [9.17, 15) is 0 Å². The number of hydrogen-bond acceptors (Lipinski definition) is 4. The second kappa shape index (κ2) is 8.25. The van der Waals surface area contributed by atoms with E-state index in [0.29, 0.717) is 0 Å². The average molecular weight is 292 g/mol. The molecule has 118 valence electrons. The number of rotatable bonds is 8. The quantitative estimate of drug-likeness (QED) is 0.746. The molecule has 1 aromatic carbocycles. The minimum atomic E-state index is 0.838. The third-order valence-corrected chi connectivity index (χ3v) is 4.13. The first-order valence-electron chi connectivity index (χ1n) is 7.95. The number of fused-ring (bicyclic) bond motifs is 1. The predicted molar refractivity (Wildman–Crippen MR) is 86.3 cm³/mol. The van der Waals surface area contributed by atoms with Gasteiger partial charge in [-0.3, -0.25) is 4.90 Å². The van der Waals surface area contributed by atoms with Gasteiger partial charge in [-0.1, -0.05) is 6.92 Å². The van der Waals surface area contributed by atoms with Crippen LogP contribution in [0.15, 0.2) is 12.1 Å². The summed E-state index contributed by atoms with van der Waals surface area (Å²) < 4.78 is 10.8. The van der Waals surface area contributed by atoms with E-state index in [-0.39, 0.29) is 0 Å². The Labute approximate surface area is 128 Å². The van der Waals surface area contributed by atoms with Gasteiger partial charge in [0.2, 0.25) is 0 Å². The van der Waals surface area contributed by atoms with Gasteiger partial charge in [-0.05, 0) is 62.2 Å². The lowest BCUT2D eigenvalue weighted by Gasteiger charge is -2.29. The van der Waals surface area contributed by atoms with Gasteiger partial charge in [-0.25, -0.2) is 0 Å². The zero-order valence-corrected chi connectivity index (χ0v) is 13.6. The van der Waals surface area contributed by atoms with E-state index in [1.165, 1.54) is 30.5 Å². The van der Waals surface area contributed by atoms with Crippen molar-refractivity contribution in [1.82, 2.24) is 10.2 Å². The van der Waals surface area contributed by atoms with E-state index in [4.69, 9.17) is 9.47 Å². The first-order valence-corrected chi connectivity index (χ1v) is 7.95. The second-order valence-electron chi connectivity index (χ2n) is 5.56. The minimum Gasteiger partial charge on any atom is -0.493 e. The zero-order chi connectivity index (χ0) is 15.1. The van der Waals surface area contributed by atoms with Gasteiger partial charge in [0.15, 0.2) is 11.5 Å². The smallest absolute Gasteiger partial charge is 0.161 e. The highest BCUT2D eigenvalue weighted by Crippen LogP contribution is 2.33. The van der Waals surface area contributed by atoms with Crippen molar-refractivity contribution in [3.8, 4) is 11.5 Å². The highest BCUT2D eigenvalue weighted by Gasteiger charge is 2.18. The third-order valence-electron chi connectivity index (χ3n) is 4.13. The molecule has 1 N–H and O–H groups in total. The van der Waals surface area contributed by atoms with Crippen LogP contribution in [0.4, 0.5) is 0 Å². The lowest BCUT2D eigenvalue weighted by Crippen LogP contribution is -2.31. The van der Waals surface area contributed by atoms with Gasteiger partial charge in [0.25, 0.3) is 0 Å². The molecule has 0 saturated heterocycles. The molecular formula is C17H28N2O2. The highest BCUT2D eigenvalue weighted by molar-refractivity contribution is 5.48. The van der Waals surface area contributed by atoms with E-state index >= 15 is 0 Å². The van der Waals surface area contributed by atoms with Crippen molar-refractivity contribution < 1.29 is 9.47 Å². The van der Waals surface area contributed by atoms with Crippen molar-refractivity contribution in [2.45, 2.75) is 32.7 Å². The summed E-state index contributed by atoms with van der Waals surface area (Å²) in [7, 11) is 3.40. The molecule has 0 amide bonds. The van der Waals surface area contributed by atoms with Crippen LogP contribution in [0, 0.1) is 0 Å². The molecular weight excluding hydrogens is 264 g/mol. The van der Waals surface area contributed by atoms with E-state index in [1.54, 1.807) is 14.2 Å². The minimum absolute atomic E-state index is 0.838. The maximum Gasteiger partial charge on any atom is 0.161 e. The standard InChI is InChI=1S/C17H28N2O2/c1-4-18-8-5-6-9-19-10-7-14-11-16(20-2)17(21-3)12-15(14)13-19/h11-12,18H,4-10,13H2,1-3H3.